The molecule has 1 aromatic heterocycles. The van der Waals surface area contributed by atoms with Gasteiger partial charge in [0.1, 0.15) is 5.01 Å². The zero-order chi connectivity index (χ0) is 11.3. The number of carbonyl (C=O) groups is 1. The van der Waals surface area contributed by atoms with Gasteiger partial charge in [0.2, 0.25) is 0 Å². The predicted molar refractivity (Wildman–Crippen MR) is 59.9 cm³/mol. The highest BCUT2D eigenvalue weighted by Crippen LogP contribution is 2.19. The second kappa shape index (κ2) is 5.82. The second-order valence-corrected chi connectivity index (χ2v) is 3.96. The van der Waals surface area contributed by atoms with Crippen molar-refractivity contribution >= 4 is 17.3 Å². The Kier molecular flexibility index (Phi) is 4.71. The first-order valence-electron chi connectivity index (χ1n) is 5.01. The van der Waals surface area contributed by atoms with Crippen LogP contribution in [0.4, 0.5) is 0 Å². The van der Waals surface area contributed by atoms with E-state index in [-0.39, 0.29) is 5.97 Å². The van der Waals surface area contributed by atoms with Gasteiger partial charge in [0.15, 0.2) is 6.04 Å². The lowest BCUT2D eigenvalue weighted by molar-refractivity contribution is -0.145. The van der Waals surface area contributed by atoms with E-state index in [1.807, 2.05) is 19.2 Å². The molecule has 15 heavy (non-hydrogen) atoms. The fourth-order valence-corrected chi connectivity index (χ4v) is 2.06. The number of hydrogen-bond acceptors (Lipinski definition) is 5. The summed E-state index contributed by atoms with van der Waals surface area (Å²) in [5.41, 5.74) is 0.933. The van der Waals surface area contributed by atoms with Gasteiger partial charge in [-0.05, 0) is 20.4 Å². The number of esters is 1. The van der Waals surface area contributed by atoms with Crippen LogP contribution in [0.5, 0.6) is 0 Å². The van der Waals surface area contributed by atoms with Gasteiger partial charge in [-0.25, -0.2) is 9.78 Å². The zero-order valence-electron chi connectivity index (χ0n) is 9.24. The molecule has 4 nitrogen and oxygen atoms in total. The fourth-order valence-electron chi connectivity index (χ4n) is 1.21. The summed E-state index contributed by atoms with van der Waals surface area (Å²) in [6.45, 7) is 6.77. The number of aromatic nitrogens is 1. The van der Waals surface area contributed by atoms with Crippen molar-refractivity contribution in [3.05, 3.63) is 16.1 Å². The van der Waals surface area contributed by atoms with Gasteiger partial charge >= 0.3 is 5.97 Å². The first-order valence-corrected chi connectivity index (χ1v) is 5.89. The monoisotopic (exact) mass is 228 g/mol. The summed E-state index contributed by atoms with van der Waals surface area (Å²) in [6.07, 6.45) is 0. The van der Waals surface area contributed by atoms with Crippen molar-refractivity contribution in [1.82, 2.24) is 10.3 Å². The number of nitrogens with zero attached hydrogens (tertiary/aromatic N) is 1. The Balaban J connectivity index is 2.77. The molecule has 0 radical (unpaired) electrons. The third-order valence-electron chi connectivity index (χ3n) is 1.81. The van der Waals surface area contributed by atoms with Gasteiger partial charge < -0.3 is 4.74 Å². The van der Waals surface area contributed by atoms with E-state index in [1.165, 1.54) is 11.3 Å². The Morgan fingerprint density at radius 2 is 2.40 bits per heavy atom. The standard InChI is InChI=1S/C10H16N2O2S/c1-4-11-8(10(13)14-5-2)9-12-7(3)6-15-9/h6,8,11H,4-5H2,1-3H3. The van der Waals surface area contributed by atoms with Gasteiger partial charge in [0.05, 0.1) is 6.61 Å². The average Bonchev–Trinajstić information content (AvgIpc) is 2.61. The first kappa shape index (κ1) is 12.1. The van der Waals surface area contributed by atoms with Crippen LogP contribution in [0.1, 0.15) is 30.6 Å². The van der Waals surface area contributed by atoms with E-state index in [4.69, 9.17) is 4.74 Å². The molecule has 0 aliphatic carbocycles. The summed E-state index contributed by atoms with van der Waals surface area (Å²) < 4.78 is 4.99. The van der Waals surface area contributed by atoms with Crippen molar-refractivity contribution in [1.29, 1.82) is 0 Å². The third kappa shape index (κ3) is 3.28. The maximum Gasteiger partial charge on any atom is 0.330 e. The predicted octanol–water partition coefficient (Wildman–Crippen LogP) is 1.67. The highest BCUT2D eigenvalue weighted by Gasteiger charge is 2.23. The highest BCUT2D eigenvalue weighted by molar-refractivity contribution is 7.09. The number of carbonyl (C=O) groups excluding carboxylic acids is 1. The zero-order valence-corrected chi connectivity index (χ0v) is 10.1. The minimum absolute atomic E-state index is 0.256. The molecule has 5 heteroatoms. The van der Waals surface area contributed by atoms with E-state index in [0.29, 0.717) is 13.2 Å². The molecule has 0 amide bonds. The molecule has 1 atom stereocenters. The molecule has 0 fully saturated rings. The molecular formula is C10H16N2O2S. The summed E-state index contributed by atoms with van der Waals surface area (Å²) in [7, 11) is 0. The normalized spacial score (nSPS) is 12.5. The number of likely N-dealkylation sites (N-methyl/N-ethyl adjacent to an activating group) is 1. The Morgan fingerprint density at radius 1 is 1.67 bits per heavy atom. The number of hydrogen-bond donors (Lipinski definition) is 1. The van der Waals surface area contributed by atoms with Crippen molar-refractivity contribution in [2.24, 2.45) is 0 Å². The molecule has 1 heterocycles. The van der Waals surface area contributed by atoms with E-state index in [2.05, 4.69) is 10.3 Å². The van der Waals surface area contributed by atoms with Crippen LogP contribution < -0.4 is 5.32 Å². The lowest BCUT2D eigenvalue weighted by atomic mass is 10.3. The molecule has 0 aliphatic rings. The van der Waals surface area contributed by atoms with Crippen LogP contribution >= 0.6 is 11.3 Å². The van der Waals surface area contributed by atoms with Crippen LogP contribution in [0.25, 0.3) is 0 Å². The third-order valence-corrected chi connectivity index (χ3v) is 2.84. The summed E-state index contributed by atoms with van der Waals surface area (Å²) in [6, 6.07) is -0.423. The van der Waals surface area contributed by atoms with Crippen molar-refractivity contribution in [2.45, 2.75) is 26.8 Å². The summed E-state index contributed by atoms with van der Waals surface area (Å²) in [5, 5.41) is 5.77. The van der Waals surface area contributed by atoms with Crippen molar-refractivity contribution < 1.29 is 9.53 Å². The summed E-state index contributed by atoms with van der Waals surface area (Å²) >= 11 is 1.48. The smallest absolute Gasteiger partial charge is 0.330 e. The van der Waals surface area contributed by atoms with Crippen LogP contribution in [-0.4, -0.2) is 24.1 Å². The molecular weight excluding hydrogens is 212 g/mol. The number of aryl methyl sites for hydroxylation is 1. The molecule has 1 N–H and O–H groups in total. The fraction of sp³-hybridized carbons (Fsp3) is 0.600. The van der Waals surface area contributed by atoms with E-state index in [0.717, 1.165) is 10.7 Å². The van der Waals surface area contributed by atoms with Crippen molar-refractivity contribution in [2.75, 3.05) is 13.2 Å². The van der Waals surface area contributed by atoms with Crippen molar-refractivity contribution in [3.63, 3.8) is 0 Å². The van der Waals surface area contributed by atoms with E-state index in [1.54, 1.807) is 6.92 Å². The summed E-state index contributed by atoms with van der Waals surface area (Å²) in [5.74, 6) is -0.256. The molecule has 0 saturated carbocycles. The van der Waals surface area contributed by atoms with Crippen LogP contribution in [-0.2, 0) is 9.53 Å². The van der Waals surface area contributed by atoms with Crippen LogP contribution in [0.2, 0.25) is 0 Å². The molecule has 1 aromatic rings. The molecule has 0 aromatic carbocycles. The maximum absolute atomic E-state index is 11.6. The molecule has 0 spiro atoms. The first-order chi connectivity index (χ1) is 7.19. The van der Waals surface area contributed by atoms with Crippen LogP contribution in [0.3, 0.4) is 0 Å². The molecule has 0 bridgehead atoms. The lowest BCUT2D eigenvalue weighted by Gasteiger charge is -2.13. The highest BCUT2D eigenvalue weighted by atomic mass is 32.1. The Morgan fingerprint density at radius 3 is 2.87 bits per heavy atom. The van der Waals surface area contributed by atoms with Gasteiger partial charge in [-0.3, -0.25) is 5.32 Å². The van der Waals surface area contributed by atoms with Gasteiger partial charge in [-0.15, -0.1) is 11.3 Å². The number of nitrogens with one attached hydrogen (secondary N) is 1. The quantitative estimate of drug-likeness (QED) is 0.779. The van der Waals surface area contributed by atoms with Gasteiger partial charge in [0.25, 0.3) is 0 Å². The topological polar surface area (TPSA) is 51.2 Å². The minimum Gasteiger partial charge on any atom is -0.465 e. The van der Waals surface area contributed by atoms with Crippen molar-refractivity contribution in [3.8, 4) is 0 Å². The van der Waals surface area contributed by atoms with E-state index >= 15 is 0 Å². The minimum atomic E-state index is -0.423. The van der Waals surface area contributed by atoms with Gasteiger partial charge in [0, 0.05) is 11.1 Å². The molecule has 84 valence electrons. The second-order valence-electron chi connectivity index (χ2n) is 3.07. The van der Waals surface area contributed by atoms with Gasteiger partial charge in [-0.1, -0.05) is 6.92 Å². The Hall–Kier alpha value is -0.940. The van der Waals surface area contributed by atoms with Crippen LogP contribution in [0, 0.1) is 6.92 Å². The lowest BCUT2D eigenvalue weighted by Crippen LogP contribution is -2.30. The Labute approximate surface area is 93.7 Å². The molecule has 1 unspecified atom stereocenters. The molecule has 0 saturated heterocycles. The molecule has 0 aliphatic heterocycles. The summed E-state index contributed by atoms with van der Waals surface area (Å²) in [4.78, 5) is 15.9. The van der Waals surface area contributed by atoms with E-state index in [9.17, 15) is 4.79 Å². The largest absolute Gasteiger partial charge is 0.465 e. The maximum atomic E-state index is 11.6. The Bertz CT molecular complexity index is 325. The van der Waals surface area contributed by atoms with Crippen LogP contribution in [0.15, 0.2) is 5.38 Å². The SMILES string of the molecule is CCNC(C(=O)OCC)c1nc(C)cs1. The number of rotatable bonds is 5. The number of thiazole rings is 1. The number of ether oxygens (including phenoxy) is 1. The average molecular weight is 228 g/mol. The van der Waals surface area contributed by atoms with E-state index < -0.39 is 6.04 Å². The molecule has 1 rings (SSSR count). The van der Waals surface area contributed by atoms with Gasteiger partial charge in [-0.2, -0.15) is 0 Å².